The Balaban J connectivity index is 1.58. The fourth-order valence-corrected chi connectivity index (χ4v) is 5.56. The third-order valence-electron chi connectivity index (χ3n) is 6.39. The van der Waals surface area contributed by atoms with Gasteiger partial charge in [-0.05, 0) is 36.5 Å². The van der Waals surface area contributed by atoms with Crippen molar-refractivity contribution in [2.24, 2.45) is 5.41 Å². The summed E-state index contributed by atoms with van der Waals surface area (Å²) in [6.45, 7) is 2.18. The topological polar surface area (TPSA) is 91.4 Å². The number of hydrogen-bond acceptors (Lipinski definition) is 7. The summed E-state index contributed by atoms with van der Waals surface area (Å²) >= 11 is 1.17. The van der Waals surface area contributed by atoms with Crippen LogP contribution in [0.1, 0.15) is 18.9 Å². The Morgan fingerprint density at radius 2 is 2.10 bits per heavy atom. The highest BCUT2D eigenvalue weighted by atomic mass is 32.1. The monoisotopic (exact) mass is 429 g/mol. The van der Waals surface area contributed by atoms with Crippen molar-refractivity contribution in [2.75, 3.05) is 31.6 Å². The lowest BCUT2D eigenvalue weighted by molar-refractivity contribution is 0.0833. The van der Waals surface area contributed by atoms with Crippen molar-refractivity contribution in [2.45, 2.75) is 18.9 Å². The van der Waals surface area contributed by atoms with Gasteiger partial charge in [0.05, 0.1) is 29.4 Å². The summed E-state index contributed by atoms with van der Waals surface area (Å²) in [5.41, 5.74) is 3.96. The minimum Gasteiger partial charge on any atom is -0.343 e. The third-order valence-corrected chi connectivity index (χ3v) is 7.27. The van der Waals surface area contributed by atoms with Crippen molar-refractivity contribution in [1.82, 2.24) is 19.7 Å². The normalized spacial score (nSPS) is 20.2. The van der Waals surface area contributed by atoms with Crippen LogP contribution in [0.5, 0.6) is 0 Å². The minimum absolute atomic E-state index is 0.124. The average molecular weight is 429 g/mol. The molecule has 1 spiro atoms. The highest BCUT2D eigenvalue weighted by molar-refractivity contribution is 7.12. The van der Waals surface area contributed by atoms with Crippen molar-refractivity contribution in [3.05, 3.63) is 50.4 Å². The molecule has 1 aromatic carbocycles. The van der Waals surface area contributed by atoms with E-state index in [0.717, 1.165) is 31.6 Å². The lowest BCUT2D eigenvalue weighted by Crippen LogP contribution is -2.58. The molecule has 2 fully saturated rings. The van der Waals surface area contributed by atoms with Gasteiger partial charge >= 0.3 is 0 Å². The molecule has 6 rings (SSSR count). The number of halogens is 1. The fraction of sp³-hybridized carbons (Fsp3) is 0.400. The Hall–Kier alpha value is -2.69. The van der Waals surface area contributed by atoms with Crippen molar-refractivity contribution in [3.8, 4) is 0 Å². The highest BCUT2D eigenvalue weighted by Crippen LogP contribution is 2.43. The zero-order valence-electron chi connectivity index (χ0n) is 16.3. The molecule has 2 aromatic heterocycles. The number of hydrogen-bond donors (Lipinski definition) is 3. The van der Waals surface area contributed by atoms with Crippen LogP contribution in [0.2, 0.25) is 0 Å². The lowest BCUT2D eigenvalue weighted by atomic mass is 9.80. The second-order valence-electron chi connectivity index (χ2n) is 8.33. The quantitative estimate of drug-likeness (QED) is 0.548. The zero-order valence-corrected chi connectivity index (χ0v) is 17.1. The molecule has 1 aliphatic carbocycles. The number of benzene rings is 1. The molecule has 3 aliphatic rings. The Morgan fingerprint density at radius 3 is 2.77 bits per heavy atom. The van der Waals surface area contributed by atoms with E-state index >= 15 is 4.39 Å². The Kier molecular flexibility index (Phi) is 3.72. The summed E-state index contributed by atoms with van der Waals surface area (Å²) in [5, 5.41) is 3.65. The first-order chi connectivity index (χ1) is 14.5. The SMILES string of the molecule is CONC1=CN(c2cc3c(cc2F)c(=O)c2c(=O)[nH]sc2n3C2CC2)CC12CNC2. The number of hydroxylamine groups is 1. The first-order valence-corrected chi connectivity index (χ1v) is 10.7. The van der Waals surface area contributed by atoms with E-state index in [9.17, 15) is 9.59 Å². The fourth-order valence-electron chi connectivity index (χ4n) is 4.63. The predicted molar refractivity (Wildman–Crippen MR) is 113 cm³/mol. The van der Waals surface area contributed by atoms with Crippen molar-refractivity contribution in [1.29, 1.82) is 0 Å². The van der Waals surface area contributed by atoms with Crippen LogP contribution in [0.3, 0.4) is 0 Å². The van der Waals surface area contributed by atoms with Crippen LogP contribution in [0.25, 0.3) is 21.1 Å². The van der Waals surface area contributed by atoms with Gasteiger partial charge in [-0.25, -0.2) is 4.39 Å². The number of anilines is 1. The standard InChI is InChI=1S/C20H20FN5O3S/c1-29-23-15-6-25(9-20(15)7-22-8-20)14-5-13-11(4-12(14)21)17(27)16-18(28)24-30-19(16)26(13)10-2-3-10/h4-6,10,22-23H,2-3,7-9H2,1H3,(H,24,28). The van der Waals surface area contributed by atoms with Crippen molar-refractivity contribution >= 4 is 38.3 Å². The predicted octanol–water partition coefficient (Wildman–Crippen LogP) is 1.78. The van der Waals surface area contributed by atoms with Gasteiger partial charge in [-0.2, -0.15) is 0 Å². The molecule has 156 valence electrons. The Bertz CT molecular complexity index is 1350. The largest absolute Gasteiger partial charge is 0.343 e. The summed E-state index contributed by atoms with van der Waals surface area (Å²) in [5.74, 6) is -0.481. The molecule has 0 amide bonds. The van der Waals surface area contributed by atoms with Crippen molar-refractivity contribution < 1.29 is 9.23 Å². The van der Waals surface area contributed by atoms with E-state index in [1.807, 2.05) is 15.7 Å². The van der Waals surface area contributed by atoms with E-state index in [2.05, 4.69) is 15.2 Å². The molecule has 2 aliphatic heterocycles. The number of H-pyrrole nitrogens is 1. The van der Waals surface area contributed by atoms with Gasteiger partial charge in [-0.15, -0.1) is 0 Å². The third kappa shape index (κ3) is 2.38. The molecule has 8 nitrogen and oxygen atoms in total. The summed E-state index contributed by atoms with van der Waals surface area (Å²) in [6, 6.07) is 3.26. The van der Waals surface area contributed by atoms with Gasteiger partial charge in [0.1, 0.15) is 16.0 Å². The van der Waals surface area contributed by atoms with E-state index in [1.54, 1.807) is 13.2 Å². The van der Waals surface area contributed by atoms with Gasteiger partial charge in [0, 0.05) is 37.3 Å². The van der Waals surface area contributed by atoms with Gasteiger partial charge < -0.3 is 14.8 Å². The summed E-state index contributed by atoms with van der Waals surface area (Å²) < 4.78 is 19.9. The Morgan fingerprint density at radius 1 is 1.30 bits per heavy atom. The summed E-state index contributed by atoms with van der Waals surface area (Å²) in [7, 11) is 1.56. The maximum atomic E-state index is 15.2. The van der Waals surface area contributed by atoms with E-state index in [1.165, 1.54) is 17.6 Å². The highest BCUT2D eigenvalue weighted by Gasteiger charge is 2.47. The summed E-state index contributed by atoms with van der Waals surface area (Å²) in [4.78, 5) is 32.8. The van der Waals surface area contributed by atoms with Crippen LogP contribution in [0.15, 0.2) is 33.6 Å². The van der Waals surface area contributed by atoms with Gasteiger partial charge in [-0.1, -0.05) is 0 Å². The first kappa shape index (κ1) is 18.1. The molecule has 0 radical (unpaired) electrons. The molecule has 0 atom stereocenters. The number of nitrogens with zero attached hydrogens (tertiary/aromatic N) is 2. The van der Waals surface area contributed by atoms with Crippen LogP contribution in [0, 0.1) is 11.2 Å². The number of nitrogens with one attached hydrogen (secondary N) is 3. The van der Waals surface area contributed by atoms with E-state index in [-0.39, 0.29) is 22.2 Å². The van der Waals surface area contributed by atoms with E-state index in [0.29, 0.717) is 22.6 Å². The number of aromatic nitrogens is 2. The number of rotatable bonds is 4. The molecule has 30 heavy (non-hydrogen) atoms. The number of aromatic amines is 1. The van der Waals surface area contributed by atoms with E-state index in [4.69, 9.17) is 4.84 Å². The van der Waals surface area contributed by atoms with Gasteiger partial charge in [-0.3, -0.25) is 24.3 Å². The van der Waals surface area contributed by atoms with Gasteiger partial charge in [0.15, 0.2) is 0 Å². The molecule has 3 N–H and O–H groups in total. The molecule has 0 unspecified atom stereocenters. The second-order valence-corrected chi connectivity index (χ2v) is 9.12. The smallest absolute Gasteiger partial charge is 0.271 e. The maximum Gasteiger partial charge on any atom is 0.271 e. The van der Waals surface area contributed by atoms with Crippen LogP contribution in [0.4, 0.5) is 10.1 Å². The maximum absolute atomic E-state index is 15.2. The minimum atomic E-state index is -0.481. The first-order valence-electron chi connectivity index (χ1n) is 9.90. The molecule has 1 saturated carbocycles. The molecular formula is C20H20FN5O3S. The van der Waals surface area contributed by atoms with Crippen LogP contribution in [-0.2, 0) is 4.84 Å². The number of pyridine rings is 1. The van der Waals surface area contributed by atoms with Crippen LogP contribution >= 0.6 is 11.5 Å². The molecule has 10 heteroatoms. The number of fused-ring (bicyclic) bond motifs is 2. The summed E-state index contributed by atoms with van der Waals surface area (Å²) in [6.07, 6.45) is 3.83. The molecular weight excluding hydrogens is 409 g/mol. The van der Waals surface area contributed by atoms with Crippen molar-refractivity contribution in [3.63, 3.8) is 0 Å². The Labute approximate surface area is 174 Å². The van der Waals surface area contributed by atoms with Gasteiger partial charge in [0.2, 0.25) is 5.43 Å². The molecule has 0 bridgehead atoms. The van der Waals surface area contributed by atoms with Crippen LogP contribution in [-0.4, -0.2) is 35.7 Å². The molecule has 4 heterocycles. The molecule has 1 saturated heterocycles. The second kappa shape index (κ2) is 6.16. The van der Waals surface area contributed by atoms with Crippen LogP contribution < -0.4 is 26.7 Å². The van der Waals surface area contributed by atoms with E-state index < -0.39 is 16.8 Å². The average Bonchev–Trinajstić information content (AvgIpc) is 3.34. The molecule has 3 aromatic rings. The van der Waals surface area contributed by atoms with Gasteiger partial charge in [0.25, 0.3) is 5.56 Å². The zero-order chi connectivity index (χ0) is 20.6. The lowest BCUT2D eigenvalue weighted by Gasteiger charge is -2.41.